The summed E-state index contributed by atoms with van der Waals surface area (Å²) in [6, 6.07) is 14.2. The van der Waals surface area contributed by atoms with E-state index < -0.39 is 11.2 Å². The SMILES string of the molecule is CC(C)(C)OC(=O)CCCCCCCCOc1c2ccccc2c(OCCCCCCCCC(=O)OC(C)(C)C)c2cc(Cl)ccc12. The molecule has 0 amide bonds. The Hall–Kier alpha value is -2.99. The fourth-order valence-electron chi connectivity index (χ4n) is 5.67. The first-order valence-electron chi connectivity index (χ1n) is 17.7. The number of benzene rings is 3. The molecule has 47 heavy (non-hydrogen) atoms. The van der Waals surface area contributed by atoms with Crippen LogP contribution in [0.3, 0.4) is 0 Å². The molecule has 0 saturated carbocycles. The molecule has 0 aliphatic heterocycles. The van der Waals surface area contributed by atoms with Crippen molar-refractivity contribution in [3.05, 3.63) is 47.5 Å². The topological polar surface area (TPSA) is 71.1 Å². The van der Waals surface area contributed by atoms with E-state index in [1.54, 1.807) is 0 Å². The van der Waals surface area contributed by atoms with Gasteiger partial charge in [0.15, 0.2) is 0 Å². The lowest BCUT2D eigenvalue weighted by Gasteiger charge is -2.19. The third kappa shape index (κ3) is 14.3. The Balaban J connectivity index is 1.47. The highest BCUT2D eigenvalue weighted by molar-refractivity contribution is 6.31. The van der Waals surface area contributed by atoms with Crippen molar-refractivity contribution in [2.24, 2.45) is 0 Å². The molecule has 0 radical (unpaired) electrons. The van der Waals surface area contributed by atoms with Crippen LogP contribution in [0.5, 0.6) is 11.5 Å². The molecule has 0 bridgehead atoms. The lowest BCUT2D eigenvalue weighted by atomic mass is 10.0. The highest BCUT2D eigenvalue weighted by Crippen LogP contribution is 2.43. The summed E-state index contributed by atoms with van der Waals surface area (Å²) in [5.74, 6) is 1.52. The average molecular weight is 669 g/mol. The predicted octanol–water partition coefficient (Wildman–Crippen LogP) is 11.5. The molecule has 0 aromatic heterocycles. The van der Waals surface area contributed by atoms with Crippen molar-refractivity contribution in [2.75, 3.05) is 13.2 Å². The standard InChI is InChI=1S/C40H57ClO6/c1-39(2,3)46-35(42)23-15-11-7-9-13-19-27-44-37-31-21-17-18-22-32(31)38(34-29-30(41)25-26-33(34)37)45-28-20-14-10-8-12-16-24-36(43)47-40(4,5)6/h17-18,21-22,25-26,29H,7-16,19-20,23-24,27-28H2,1-6H3. The zero-order valence-electron chi connectivity index (χ0n) is 29.7. The third-order valence-electron chi connectivity index (χ3n) is 7.77. The monoisotopic (exact) mass is 668 g/mol. The van der Waals surface area contributed by atoms with E-state index in [9.17, 15) is 9.59 Å². The fraction of sp³-hybridized carbons (Fsp3) is 0.600. The van der Waals surface area contributed by atoms with Gasteiger partial charge in [-0.15, -0.1) is 0 Å². The Morgan fingerprint density at radius 1 is 0.532 bits per heavy atom. The van der Waals surface area contributed by atoms with Crippen LogP contribution in [0, 0.1) is 0 Å². The van der Waals surface area contributed by atoms with Gasteiger partial charge in [-0.3, -0.25) is 9.59 Å². The van der Waals surface area contributed by atoms with E-state index in [-0.39, 0.29) is 11.9 Å². The van der Waals surface area contributed by atoms with Crippen LogP contribution < -0.4 is 9.47 Å². The van der Waals surface area contributed by atoms with Gasteiger partial charge in [0.2, 0.25) is 0 Å². The summed E-state index contributed by atoms with van der Waals surface area (Å²) in [4.78, 5) is 23.8. The molecule has 0 heterocycles. The smallest absolute Gasteiger partial charge is 0.306 e. The van der Waals surface area contributed by atoms with Gasteiger partial charge in [0.25, 0.3) is 0 Å². The van der Waals surface area contributed by atoms with Crippen molar-refractivity contribution in [2.45, 2.75) is 143 Å². The molecule has 0 spiro atoms. The number of rotatable bonds is 20. The maximum absolute atomic E-state index is 11.9. The van der Waals surface area contributed by atoms with Gasteiger partial charge in [-0.1, -0.05) is 87.2 Å². The first kappa shape index (κ1) is 38.5. The Morgan fingerprint density at radius 2 is 0.915 bits per heavy atom. The van der Waals surface area contributed by atoms with Crippen LogP contribution in [0.1, 0.15) is 131 Å². The largest absolute Gasteiger partial charge is 0.492 e. The van der Waals surface area contributed by atoms with E-state index in [1.165, 1.54) is 0 Å². The molecule has 0 aliphatic carbocycles. The molecule has 0 atom stereocenters. The first-order chi connectivity index (χ1) is 22.3. The molecule has 0 aliphatic rings. The highest BCUT2D eigenvalue weighted by atomic mass is 35.5. The normalized spacial score (nSPS) is 12.0. The third-order valence-corrected chi connectivity index (χ3v) is 8.01. The van der Waals surface area contributed by atoms with Crippen molar-refractivity contribution in [1.82, 2.24) is 0 Å². The van der Waals surface area contributed by atoms with Crippen molar-refractivity contribution in [3.63, 3.8) is 0 Å². The van der Waals surface area contributed by atoms with E-state index in [1.807, 2.05) is 71.9 Å². The average Bonchev–Trinajstić information content (AvgIpc) is 2.98. The number of hydrogen-bond donors (Lipinski definition) is 0. The number of halogens is 1. The van der Waals surface area contributed by atoms with E-state index >= 15 is 0 Å². The second kappa shape index (κ2) is 19.1. The number of fused-ring (bicyclic) bond motifs is 2. The molecular formula is C40H57ClO6. The zero-order chi connectivity index (χ0) is 34.3. The molecule has 6 nitrogen and oxygen atoms in total. The fourth-order valence-corrected chi connectivity index (χ4v) is 5.85. The van der Waals surface area contributed by atoms with Gasteiger partial charge < -0.3 is 18.9 Å². The summed E-state index contributed by atoms with van der Waals surface area (Å²) >= 11 is 6.48. The number of unbranched alkanes of at least 4 members (excludes halogenated alkanes) is 10. The van der Waals surface area contributed by atoms with Gasteiger partial charge >= 0.3 is 11.9 Å². The Labute approximate surface area is 287 Å². The summed E-state index contributed by atoms with van der Waals surface area (Å²) in [5.41, 5.74) is -0.832. The number of carbonyl (C=O) groups is 2. The summed E-state index contributed by atoms with van der Waals surface area (Å²) in [7, 11) is 0. The lowest BCUT2D eigenvalue weighted by Crippen LogP contribution is -2.23. The maximum Gasteiger partial charge on any atom is 0.306 e. The molecule has 0 fully saturated rings. The van der Waals surface area contributed by atoms with Gasteiger partial charge in [-0.05, 0) is 85.4 Å². The van der Waals surface area contributed by atoms with E-state index in [4.69, 9.17) is 30.5 Å². The second-order valence-electron chi connectivity index (χ2n) is 14.5. The van der Waals surface area contributed by atoms with E-state index in [0.717, 1.165) is 110 Å². The highest BCUT2D eigenvalue weighted by Gasteiger charge is 2.18. The quantitative estimate of drug-likeness (QED) is 0.0677. The van der Waals surface area contributed by atoms with E-state index in [2.05, 4.69) is 12.1 Å². The summed E-state index contributed by atoms with van der Waals surface area (Å²) < 4.78 is 23.7. The number of esters is 2. The van der Waals surface area contributed by atoms with Crippen molar-refractivity contribution in [1.29, 1.82) is 0 Å². The summed E-state index contributed by atoms with van der Waals surface area (Å²) in [6.45, 7) is 12.7. The van der Waals surface area contributed by atoms with Crippen molar-refractivity contribution in [3.8, 4) is 11.5 Å². The molecule has 0 unspecified atom stereocenters. The van der Waals surface area contributed by atoms with Crippen LogP contribution in [-0.2, 0) is 19.1 Å². The van der Waals surface area contributed by atoms with Crippen LogP contribution in [0.4, 0.5) is 0 Å². The lowest BCUT2D eigenvalue weighted by molar-refractivity contribution is -0.156. The number of hydrogen-bond acceptors (Lipinski definition) is 6. The molecule has 0 N–H and O–H groups in total. The van der Waals surface area contributed by atoms with Gasteiger partial charge in [0.05, 0.1) is 13.2 Å². The van der Waals surface area contributed by atoms with E-state index in [0.29, 0.717) is 31.1 Å². The Kier molecular flexibility index (Phi) is 15.6. The predicted molar refractivity (Wildman–Crippen MR) is 194 cm³/mol. The summed E-state index contributed by atoms with van der Waals surface area (Å²) in [5, 5.41) is 4.73. The molecule has 3 aromatic carbocycles. The second-order valence-corrected chi connectivity index (χ2v) is 14.9. The van der Waals surface area contributed by atoms with Crippen LogP contribution >= 0.6 is 11.6 Å². The van der Waals surface area contributed by atoms with Crippen LogP contribution in [0.15, 0.2) is 42.5 Å². The van der Waals surface area contributed by atoms with Gasteiger partial charge in [-0.2, -0.15) is 0 Å². The summed E-state index contributed by atoms with van der Waals surface area (Å²) in [6.07, 6.45) is 13.3. The minimum atomic E-state index is -0.416. The van der Waals surface area contributed by atoms with Gasteiger partial charge in [0.1, 0.15) is 22.7 Å². The molecule has 260 valence electrons. The minimum absolute atomic E-state index is 0.108. The number of ether oxygens (including phenoxy) is 4. The first-order valence-corrected chi connectivity index (χ1v) is 18.0. The molecule has 3 rings (SSSR count). The molecule has 3 aromatic rings. The molecule has 7 heteroatoms. The molecular weight excluding hydrogens is 612 g/mol. The zero-order valence-corrected chi connectivity index (χ0v) is 30.4. The minimum Gasteiger partial charge on any atom is -0.492 e. The van der Waals surface area contributed by atoms with Gasteiger partial charge in [-0.25, -0.2) is 0 Å². The molecule has 0 saturated heterocycles. The van der Waals surface area contributed by atoms with Crippen LogP contribution in [0.25, 0.3) is 21.5 Å². The Bertz CT molecular complexity index is 1420. The Morgan fingerprint density at radius 3 is 1.36 bits per heavy atom. The van der Waals surface area contributed by atoms with Crippen molar-refractivity contribution >= 4 is 45.1 Å². The van der Waals surface area contributed by atoms with Crippen LogP contribution in [0.2, 0.25) is 5.02 Å². The maximum atomic E-state index is 11.9. The van der Waals surface area contributed by atoms with Crippen molar-refractivity contribution < 1.29 is 28.5 Å². The van der Waals surface area contributed by atoms with Gasteiger partial charge in [0, 0.05) is 39.4 Å². The number of carbonyl (C=O) groups excluding carboxylic acids is 2. The van der Waals surface area contributed by atoms with Crippen LogP contribution in [-0.4, -0.2) is 36.4 Å².